The number of pyridine rings is 1. The monoisotopic (exact) mass is 322 g/mol. The van der Waals surface area contributed by atoms with Crippen molar-refractivity contribution >= 4 is 17.6 Å². The molecule has 0 unspecified atom stereocenters. The Morgan fingerprint density at radius 2 is 2.09 bits per heavy atom. The van der Waals surface area contributed by atoms with Crippen LogP contribution in [0.15, 0.2) is 12.3 Å². The molecule has 1 atom stereocenters. The number of nitrogen functional groups attached to an aromatic ring is 1. The lowest BCUT2D eigenvalue weighted by atomic mass is 10.2. The topological polar surface area (TPSA) is 80.9 Å². The second-order valence-electron chi connectivity index (χ2n) is 6.75. The lowest BCUT2D eigenvalue weighted by Gasteiger charge is -2.40. The summed E-state index contributed by atoms with van der Waals surface area (Å²) in [5.74, 6) is 1.41. The van der Waals surface area contributed by atoms with Crippen molar-refractivity contribution < 1.29 is 14.3 Å². The van der Waals surface area contributed by atoms with Gasteiger partial charge in [-0.25, -0.2) is 9.78 Å². The number of amides is 1. The summed E-state index contributed by atoms with van der Waals surface area (Å²) in [6.07, 6.45) is 1.33. The lowest BCUT2D eigenvalue weighted by molar-refractivity contribution is 0.0158. The van der Waals surface area contributed by atoms with E-state index in [0.717, 1.165) is 5.82 Å². The van der Waals surface area contributed by atoms with Gasteiger partial charge in [-0.2, -0.15) is 0 Å². The first kappa shape index (κ1) is 17.2. The molecule has 0 aliphatic carbocycles. The zero-order valence-electron chi connectivity index (χ0n) is 14.5. The van der Waals surface area contributed by atoms with Crippen molar-refractivity contribution in [2.24, 2.45) is 0 Å². The molecule has 1 aliphatic rings. The predicted octanol–water partition coefficient (Wildman–Crippen LogP) is 2.12. The Labute approximate surface area is 137 Å². The normalized spacial score (nSPS) is 18.7. The summed E-state index contributed by atoms with van der Waals surface area (Å²) in [4.78, 5) is 20.5. The fourth-order valence-electron chi connectivity index (χ4n) is 2.54. The Bertz CT molecular complexity index is 571. The number of hydrogen-bond acceptors (Lipinski definition) is 6. The summed E-state index contributed by atoms with van der Waals surface area (Å²) in [7, 11) is 1.58. The average Bonchev–Trinajstić information content (AvgIpc) is 2.45. The number of rotatable bonds is 2. The van der Waals surface area contributed by atoms with Gasteiger partial charge < -0.3 is 25.0 Å². The smallest absolute Gasteiger partial charge is 0.410 e. The van der Waals surface area contributed by atoms with Crippen molar-refractivity contribution in [2.45, 2.75) is 39.3 Å². The molecule has 1 aromatic heterocycles. The van der Waals surface area contributed by atoms with Crippen LogP contribution in [0.2, 0.25) is 0 Å². The highest BCUT2D eigenvalue weighted by molar-refractivity contribution is 5.69. The molecule has 0 saturated carbocycles. The molecule has 1 aliphatic heterocycles. The molecule has 1 saturated heterocycles. The van der Waals surface area contributed by atoms with Crippen molar-refractivity contribution in [3.8, 4) is 5.75 Å². The quantitative estimate of drug-likeness (QED) is 0.898. The Hall–Kier alpha value is -2.18. The molecule has 0 aromatic carbocycles. The largest absolute Gasteiger partial charge is 0.494 e. The van der Waals surface area contributed by atoms with E-state index >= 15 is 0 Å². The van der Waals surface area contributed by atoms with Gasteiger partial charge in [0.1, 0.15) is 17.2 Å². The van der Waals surface area contributed by atoms with Gasteiger partial charge in [0.05, 0.1) is 19.0 Å². The number of aromatic nitrogens is 1. The second-order valence-corrected chi connectivity index (χ2v) is 6.75. The maximum absolute atomic E-state index is 12.2. The van der Waals surface area contributed by atoms with Crippen molar-refractivity contribution in [1.82, 2.24) is 9.88 Å². The summed E-state index contributed by atoms with van der Waals surface area (Å²) in [5, 5.41) is 0. The van der Waals surface area contributed by atoms with E-state index in [2.05, 4.69) is 9.88 Å². The van der Waals surface area contributed by atoms with Gasteiger partial charge in [-0.3, -0.25) is 0 Å². The van der Waals surface area contributed by atoms with Crippen molar-refractivity contribution in [3.05, 3.63) is 12.3 Å². The molecule has 23 heavy (non-hydrogen) atoms. The summed E-state index contributed by atoms with van der Waals surface area (Å²) in [6.45, 7) is 9.57. The van der Waals surface area contributed by atoms with Gasteiger partial charge in [0.15, 0.2) is 0 Å². The number of methoxy groups -OCH3 is 1. The van der Waals surface area contributed by atoms with E-state index in [1.54, 1.807) is 18.2 Å². The van der Waals surface area contributed by atoms with Gasteiger partial charge in [0.25, 0.3) is 0 Å². The number of carbonyl (C=O) groups excluding carboxylic acids is 1. The first-order valence-electron chi connectivity index (χ1n) is 7.75. The molecule has 128 valence electrons. The van der Waals surface area contributed by atoms with Crippen LogP contribution in [0.25, 0.3) is 0 Å². The van der Waals surface area contributed by atoms with Crippen LogP contribution >= 0.6 is 0 Å². The van der Waals surface area contributed by atoms with E-state index in [0.29, 0.717) is 31.1 Å². The summed E-state index contributed by atoms with van der Waals surface area (Å²) >= 11 is 0. The van der Waals surface area contributed by atoms with E-state index in [9.17, 15) is 4.79 Å². The van der Waals surface area contributed by atoms with Crippen LogP contribution in [0, 0.1) is 0 Å². The molecule has 0 spiro atoms. The van der Waals surface area contributed by atoms with Crippen LogP contribution in [-0.2, 0) is 4.74 Å². The van der Waals surface area contributed by atoms with E-state index in [4.69, 9.17) is 15.2 Å². The zero-order valence-corrected chi connectivity index (χ0v) is 14.5. The number of piperazine rings is 1. The third-order valence-electron chi connectivity index (χ3n) is 3.68. The van der Waals surface area contributed by atoms with Gasteiger partial charge >= 0.3 is 6.09 Å². The van der Waals surface area contributed by atoms with Crippen LogP contribution < -0.4 is 15.4 Å². The summed E-state index contributed by atoms with van der Waals surface area (Å²) in [5.41, 5.74) is 5.83. The van der Waals surface area contributed by atoms with Gasteiger partial charge in [-0.1, -0.05) is 0 Å². The highest BCUT2D eigenvalue weighted by Crippen LogP contribution is 2.26. The molecule has 7 nitrogen and oxygen atoms in total. The minimum absolute atomic E-state index is 0.0314. The first-order valence-corrected chi connectivity index (χ1v) is 7.75. The molecule has 7 heteroatoms. The average molecular weight is 322 g/mol. The SMILES string of the molecule is COc1cc(N2CCN(C(=O)OC(C)(C)C)[C@H](C)C2)ncc1N. The molecule has 0 radical (unpaired) electrons. The molecule has 2 heterocycles. The van der Waals surface area contributed by atoms with Crippen LogP contribution in [0.1, 0.15) is 27.7 Å². The fraction of sp³-hybridized carbons (Fsp3) is 0.625. The molecule has 0 bridgehead atoms. The summed E-state index contributed by atoms with van der Waals surface area (Å²) in [6, 6.07) is 1.86. The van der Waals surface area contributed by atoms with Crippen LogP contribution in [-0.4, -0.2) is 54.4 Å². The Kier molecular flexibility index (Phi) is 4.87. The number of nitrogens with zero attached hydrogens (tertiary/aromatic N) is 3. The third kappa shape index (κ3) is 4.18. The first-order chi connectivity index (χ1) is 10.7. The van der Waals surface area contributed by atoms with Crippen molar-refractivity contribution in [2.75, 3.05) is 37.4 Å². The zero-order chi connectivity index (χ0) is 17.2. The molecule has 2 rings (SSSR count). The fourth-order valence-corrected chi connectivity index (χ4v) is 2.54. The van der Waals surface area contributed by atoms with Crippen molar-refractivity contribution in [1.29, 1.82) is 0 Å². The summed E-state index contributed by atoms with van der Waals surface area (Å²) < 4.78 is 10.7. The van der Waals surface area contributed by atoms with Crippen LogP contribution in [0.4, 0.5) is 16.3 Å². The standard InChI is InChI=1S/C16H26N4O3/c1-11-10-19(14-8-13(22-5)12(17)9-18-14)6-7-20(11)15(21)23-16(2,3)4/h8-9,11H,6-7,10,17H2,1-5H3/t11-/m1/s1. The molecular formula is C16H26N4O3. The van der Waals surface area contributed by atoms with Crippen LogP contribution in [0.3, 0.4) is 0 Å². The van der Waals surface area contributed by atoms with Crippen LogP contribution in [0.5, 0.6) is 5.75 Å². The second kappa shape index (κ2) is 6.52. The van der Waals surface area contributed by atoms with E-state index in [1.807, 2.05) is 33.8 Å². The molecular weight excluding hydrogens is 296 g/mol. The van der Waals surface area contributed by atoms with Gasteiger partial charge in [-0.05, 0) is 27.7 Å². The molecule has 1 fully saturated rings. The van der Waals surface area contributed by atoms with E-state index in [1.165, 1.54) is 0 Å². The molecule has 1 aromatic rings. The van der Waals surface area contributed by atoms with Crippen molar-refractivity contribution in [3.63, 3.8) is 0 Å². The highest BCUT2D eigenvalue weighted by atomic mass is 16.6. The third-order valence-corrected chi connectivity index (χ3v) is 3.68. The molecule has 2 N–H and O–H groups in total. The number of anilines is 2. The number of nitrogens with two attached hydrogens (primary N) is 1. The maximum Gasteiger partial charge on any atom is 0.410 e. The molecule has 1 amide bonds. The minimum Gasteiger partial charge on any atom is -0.494 e. The Morgan fingerprint density at radius 3 is 2.65 bits per heavy atom. The lowest BCUT2D eigenvalue weighted by Crippen LogP contribution is -2.55. The minimum atomic E-state index is -0.486. The maximum atomic E-state index is 12.2. The van der Waals surface area contributed by atoms with Gasteiger partial charge in [0, 0.05) is 31.7 Å². The highest BCUT2D eigenvalue weighted by Gasteiger charge is 2.31. The number of carbonyl (C=O) groups is 1. The Balaban J connectivity index is 2.05. The Morgan fingerprint density at radius 1 is 1.39 bits per heavy atom. The number of ether oxygens (including phenoxy) is 2. The number of hydrogen-bond donors (Lipinski definition) is 1. The van der Waals surface area contributed by atoms with Gasteiger partial charge in [-0.15, -0.1) is 0 Å². The van der Waals surface area contributed by atoms with E-state index in [-0.39, 0.29) is 12.1 Å². The van der Waals surface area contributed by atoms with E-state index < -0.39 is 5.60 Å². The predicted molar refractivity (Wildman–Crippen MR) is 89.8 cm³/mol. The van der Waals surface area contributed by atoms with Gasteiger partial charge in [0.2, 0.25) is 0 Å².